The van der Waals surface area contributed by atoms with Gasteiger partial charge in [0.05, 0.1) is 22.2 Å². The zero-order chi connectivity index (χ0) is 22.5. The number of benzene rings is 2. The zero-order valence-electron chi connectivity index (χ0n) is 17.2. The molecule has 2 N–H and O–H groups in total. The molecule has 0 radical (unpaired) electrons. The molecule has 31 heavy (non-hydrogen) atoms. The van der Waals surface area contributed by atoms with Crippen molar-refractivity contribution in [3.05, 3.63) is 63.4 Å². The fourth-order valence-electron chi connectivity index (χ4n) is 2.86. The van der Waals surface area contributed by atoms with E-state index in [-0.39, 0.29) is 24.0 Å². The summed E-state index contributed by atoms with van der Waals surface area (Å²) >= 11 is 13.1. The summed E-state index contributed by atoms with van der Waals surface area (Å²) in [5.41, 5.74) is 3.38. The van der Waals surface area contributed by atoms with E-state index in [1.54, 1.807) is 29.8 Å². The van der Waals surface area contributed by atoms with Gasteiger partial charge in [-0.25, -0.2) is 0 Å². The summed E-state index contributed by atoms with van der Waals surface area (Å²) in [5.74, 6) is 0.257. The second-order valence-electron chi connectivity index (χ2n) is 6.92. The minimum absolute atomic E-state index is 0.0267. The van der Waals surface area contributed by atoms with Crippen LogP contribution in [0.4, 0.5) is 11.4 Å². The van der Waals surface area contributed by atoms with Crippen LogP contribution >= 0.6 is 35.0 Å². The molecule has 1 heterocycles. The van der Waals surface area contributed by atoms with Crippen LogP contribution in [0.2, 0.25) is 10.0 Å². The highest BCUT2D eigenvalue weighted by molar-refractivity contribution is 7.99. The molecule has 2 aromatic carbocycles. The van der Waals surface area contributed by atoms with Gasteiger partial charge in [-0.2, -0.15) is 0 Å². The highest BCUT2D eigenvalue weighted by Gasteiger charge is 2.15. The van der Waals surface area contributed by atoms with Gasteiger partial charge in [0.25, 0.3) is 0 Å². The van der Waals surface area contributed by atoms with Gasteiger partial charge >= 0.3 is 0 Å². The Morgan fingerprint density at radius 1 is 1.00 bits per heavy atom. The smallest absolute Gasteiger partial charge is 0.234 e. The first-order valence-electron chi connectivity index (χ1n) is 9.36. The van der Waals surface area contributed by atoms with Crippen molar-refractivity contribution >= 4 is 58.2 Å². The van der Waals surface area contributed by atoms with Gasteiger partial charge < -0.3 is 15.2 Å². The van der Waals surface area contributed by atoms with Crippen molar-refractivity contribution in [3.8, 4) is 0 Å². The number of anilines is 2. The maximum atomic E-state index is 12.4. The Morgan fingerprint density at radius 2 is 1.71 bits per heavy atom. The molecule has 2 amide bonds. The van der Waals surface area contributed by atoms with Crippen molar-refractivity contribution < 1.29 is 9.59 Å². The van der Waals surface area contributed by atoms with Crippen LogP contribution in [0, 0.1) is 13.8 Å². The fraction of sp³-hybridized carbons (Fsp3) is 0.238. The van der Waals surface area contributed by atoms with E-state index in [1.807, 2.05) is 32.0 Å². The van der Waals surface area contributed by atoms with E-state index in [0.29, 0.717) is 26.7 Å². The third kappa shape index (κ3) is 6.00. The number of nitrogens with one attached hydrogen (secondary N) is 2. The van der Waals surface area contributed by atoms with E-state index in [0.717, 1.165) is 16.8 Å². The van der Waals surface area contributed by atoms with Gasteiger partial charge in [-0.3, -0.25) is 9.59 Å². The lowest BCUT2D eigenvalue weighted by Crippen LogP contribution is -2.17. The summed E-state index contributed by atoms with van der Waals surface area (Å²) in [4.78, 5) is 24.7. The quantitative estimate of drug-likeness (QED) is 0.483. The molecule has 7 nitrogen and oxygen atoms in total. The number of halogens is 2. The number of carbonyl (C=O) groups is 2. The van der Waals surface area contributed by atoms with E-state index in [2.05, 4.69) is 20.8 Å². The number of thioether (sulfide) groups is 1. The predicted molar refractivity (Wildman–Crippen MR) is 125 cm³/mol. The summed E-state index contributed by atoms with van der Waals surface area (Å²) in [5, 5.41) is 15.2. The fourth-order valence-corrected chi connectivity index (χ4v) is 3.89. The number of aryl methyl sites for hydroxylation is 2. The van der Waals surface area contributed by atoms with Crippen molar-refractivity contribution in [2.75, 3.05) is 16.4 Å². The van der Waals surface area contributed by atoms with Crippen LogP contribution in [0.15, 0.2) is 41.6 Å². The normalized spacial score (nSPS) is 10.7. The van der Waals surface area contributed by atoms with Gasteiger partial charge in [-0.1, -0.05) is 53.2 Å². The SMILES string of the molecule is Cc1cccc(C)c1NC(=O)CSc1nnc(CC(=O)Nc2ccc(Cl)c(Cl)c2)n1C. The zero-order valence-corrected chi connectivity index (χ0v) is 19.5. The molecule has 0 spiro atoms. The number of hydrogen-bond donors (Lipinski definition) is 2. The molecular weight excluding hydrogens is 457 g/mol. The number of hydrogen-bond acceptors (Lipinski definition) is 5. The number of amides is 2. The Labute approximate surface area is 194 Å². The Balaban J connectivity index is 1.56. The van der Waals surface area contributed by atoms with Crippen molar-refractivity contribution in [2.24, 2.45) is 7.05 Å². The molecule has 0 unspecified atom stereocenters. The monoisotopic (exact) mass is 477 g/mol. The first-order chi connectivity index (χ1) is 14.7. The van der Waals surface area contributed by atoms with E-state index in [1.165, 1.54) is 11.8 Å². The summed E-state index contributed by atoms with van der Waals surface area (Å²) in [6.45, 7) is 3.90. The second-order valence-corrected chi connectivity index (χ2v) is 8.67. The first-order valence-corrected chi connectivity index (χ1v) is 11.1. The molecule has 10 heteroatoms. The molecule has 0 fully saturated rings. The molecule has 0 bridgehead atoms. The third-order valence-corrected chi connectivity index (χ3v) is 6.28. The van der Waals surface area contributed by atoms with Crippen molar-refractivity contribution in [3.63, 3.8) is 0 Å². The highest BCUT2D eigenvalue weighted by atomic mass is 35.5. The number of aromatic nitrogens is 3. The van der Waals surface area contributed by atoms with Crippen LogP contribution in [0.25, 0.3) is 0 Å². The van der Waals surface area contributed by atoms with Crippen molar-refractivity contribution in [1.29, 1.82) is 0 Å². The first kappa shape index (κ1) is 23.1. The summed E-state index contributed by atoms with van der Waals surface area (Å²) < 4.78 is 1.70. The van der Waals surface area contributed by atoms with Gasteiger partial charge in [0, 0.05) is 18.4 Å². The molecule has 0 aliphatic carbocycles. The van der Waals surface area contributed by atoms with Crippen LogP contribution in [-0.2, 0) is 23.1 Å². The van der Waals surface area contributed by atoms with Crippen LogP contribution in [0.3, 0.4) is 0 Å². The van der Waals surface area contributed by atoms with Crippen molar-refractivity contribution in [1.82, 2.24) is 14.8 Å². The summed E-state index contributed by atoms with van der Waals surface area (Å²) in [6, 6.07) is 10.7. The van der Waals surface area contributed by atoms with Crippen LogP contribution < -0.4 is 10.6 Å². The lowest BCUT2D eigenvalue weighted by atomic mass is 10.1. The van der Waals surface area contributed by atoms with Gasteiger partial charge in [-0.05, 0) is 43.2 Å². The number of nitrogens with zero attached hydrogens (tertiary/aromatic N) is 3. The van der Waals surface area contributed by atoms with Gasteiger partial charge in [-0.15, -0.1) is 10.2 Å². The molecular formula is C21H21Cl2N5O2S. The summed E-state index contributed by atoms with van der Waals surface area (Å²) in [7, 11) is 1.76. The molecule has 3 aromatic rings. The predicted octanol–water partition coefficient (Wildman–Crippen LogP) is 4.65. The average molecular weight is 478 g/mol. The highest BCUT2D eigenvalue weighted by Crippen LogP contribution is 2.25. The molecule has 0 saturated carbocycles. The molecule has 0 saturated heterocycles. The Morgan fingerprint density at radius 3 is 2.39 bits per heavy atom. The lowest BCUT2D eigenvalue weighted by molar-refractivity contribution is -0.116. The van der Waals surface area contributed by atoms with Gasteiger partial charge in [0.15, 0.2) is 5.16 Å². The van der Waals surface area contributed by atoms with Gasteiger partial charge in [0.2, 0.25) is 11.8 Å². The van der Waals surface area contributed by atoms with Gasteiger partial charge in [0.1, 0.15) is 5.82 Å². The second kappa shape index (κ2) is 10.2. The van der Waals surface area contributed by atoms with E-state index < -0.39 is 0 Å². The Kier molecular flexibility index (Phi) is 7.59. The molecule has 0 atom stereocenters. The average Bonchev–Trinajstić information content (AvgIpc) is 3.05. The number of para-hydroxylation sites is 1. The molecule has 0 aliphatic rings. The Hall–Kier alpha value is -2.55. The number of rotatable bonds is 7. The third-order valence-electron chi connectivity index (χ3n) is 4.53. The lowest BCUT2D eigenvalue weighted by Gasteiger charge is -2.11. The largest absolute Gasteiger partial charge is 0.326 e. The van der Waals surface area contributed by atoms with Crippen LogP contribution in [-0.4, -0.2) is 32.3 Å². The summed E-state index contributed by atoms with van der Waals surface area (Å²) in [6.07, 6.45) is 0.0267. The number of carbonyl (C=O) groups excluding carboxylic acids is 2. The van der Waals surface area contributed by atoms with E-state index in [4.69, 9.17) is 23.2 Å². The molecule has 3 rings (SSSR count). The Bertz CT molecular complexity index is 1110. The van der Waals surface area contributed by atoms with Crippen molar-refractivity contribution in [2.45, 2.75) is 25.4 Å². The maximum absolute atomic E-state index is 12.4. The minimum Gasteiger partial charge on any atom is -0.326 e. The van der Waals surface area contributed by atoms with E-state index in [9.17, 15) is 9.59 Å². The van der Waals surface area contributed by atoms with E-state index >= 15 is 0 Å². The standard InChI is InChI=1S/C21H21Cl2N5O2S/c1-12-5-4-6-13(2)20(12)25-19(30)11-31-21-27-26-17(28(21)3)10-18(29)24-14-7-8-15(22)16(23)9-14/h4-9H,10-11H2,1-3H3,(H,24,29)(H,25,30). The topological polar surface area (TPSA) is 88.9 Å². The molecule has 0 aliphatic heterocycles. The molecule has 162 valence electrons. The van der Waals surface area contributed by atoms with Crippen LogP contribution in [0.1, 0.15) is 17.0 Å². The maximum Gasteiger partial charge on any atom is 0.234 e. The van der Waals surface area contributed by atoms with Crippen LogP contribution in [0.5, 0.6) is 0 Å². The minimum atomic E-state index is -0.266. The molecule has 1 aromatic heterocycles.